The Morgan fingerprint density at radius 1 is 1.22 bits per heavy atom. The van der Waals surface area contributed by atoms with Gasteiger partial charge in [-0.3, -0.25) is 0 Å². The van der Waals surface area contributed by atoms with Gasteiger partial charge in [-0.2, -0.15) is 5.26 Å². The molecule has 1 aliphatic carbocycles. The highest BCUT2D eigenvalue weighted by atomic mass is 19.1. The maximum Gasteiger partial charge on any atom is 0.137 e. The van der Waals surface area contributed by atoms with E-state index in [-0.39, 0.29) is 11.7 Å². The lowest BCUT2D eigenvalue weighted by atomic mass is 9.82. The molecule has 0 N–H and O–H groups in total. The highest BCUT2D eigenvalue weighted by Crippen LogP contribution is 2.32. The topological polar surface area (TPSA) is 33.0 Å². The maximum atomic E-state index is 13.0. The van der Waals surface area contributed by atoms with E-state index in [1.165, 1.54) is 18.6 Å². The van der Waals surface area contributed by atoms with Gasteiger partial charge >= 0.3 is 0 Å². The molecular weight excluding hydrogens is 229 g/mol. The van der Waals surface area contributed by atoms with Gasteiger partial charge in [0, 0.05) is 0 Å². The number of rotatable bonds is 2. The van der Waals surface area contributed by atoms with Crippen molar-refractivity contribution in [3.8, 4) is 11.8 Å². The fourth-order valence-corrected chi connectivity index (χ4v) is 2.84. The molecule has 1 aromatic carbocycles. The van der Waals surface area contributed by atoms with Crippen molar-refractivity contribution in [1.82, 2.24) is 0 Å². The molecule has 96 valence electrons. The summed E-state index contributed by atoms with van der Waals surface area (Å²) >= 11 is 0. The Hall–Kier alpha value is -1.56. The van der Waals surface area contributed by atoms with Crippen LogP contribution < -0.4 is 4.74 Å². The van der Waals surface area contributed by atoms with Gasteiger partial charge in [-0.25, -0.2) is 4.39 Å². The van der Waals surface area contributed by atoms with Crippen LogP contribution in [0.25, 0.3) is 0 Å². The Morgan fingerprint density at radius 3 is 2.50 bits per heavy atom. The molecule has 0 bridgehead atoms. The zero-order chi connectivity index (χ0) is 13.1. The number of hydrogen-bond acceptors (Lipinski definition) is 2. The molecule has 1 aromatic rings. The Morgan fingerprint density at radius 2 is 1.89 bits per heavy atom. The Bertz CT molecular complexity index is 456. The quantitative estimate of drug-likeness (QED) is 0.794. The molecule has 2 rings (SSSR count). The first-order valence-corrected chi connectivity index (χ1v) is 6.44. The molecule has 0 heterocycles. The molecule has 1 aliphatic rings. The molecule has 1 fully saturated rings. The van der Waals surface area contributed by atoms with E-state index in [4.69, 9.17) is 10.00 Å². The fourth-order valence-electron chi connectivity index (χ4n) is 2.84. The minimum Gasteiger partial charge on any atom is -0.489 e. The summed E-state index contributed by atoms with van der Waals surface area (Å²) in [6.07, 6.45) is 3.38. The number of hydrogen-bond donors (Lipinski definition) is 0. The van der Waals surface area contributed by atoms with Crippen LogP contribution in [-0.2, 0) is 0 Å². The molecule has 0 amide bonds. The molecule has 2 nitrogen and oxygen atoms in total. The lowest BCUT2D eigenvalue weighted by molar-refractivity contribution is 0.101. The smallest absolute Gasteiger partial charge is 0.137 e. The first kappa shape index (κ1) is 12.9. The molecule has 0 aromatic heterocycles. The fraction of sp³-hybridized carbons (Fsp3) is 0.533. The van der Waals surface area contributed by atoms with E-state index in [1.54, 1.807) is 6.07 Å². The van der Waals surface area contributed by atoms with E-state index in [9.17, 15) is 4.39 Å². The molecular formula is C15H18FNO. The minimum absolute atomic E-state index is 0.140. The van der Waals surface area contributed by atoms with Crippen LogP contribution >= 0.6 is 0 Å². The van der Waals surface area contributed by atoms with Gasteiger partial charge in [0.1, 0.15) is 17.6 Å². The molecule has 0 radical (unpaired) electrons. The van der Waals surface area contributed by atoms with E-state index in [0.29, 0.717) is 17.6 Å². The number of nitrogens with zero attached hydrogens (tertiary/aromatic N) is 1. The van der Waals surface area contributed by atoms with E-state index in [1.807, 2.05) is 6.07 Å². The second-order valence-electron chi connectivity index (χ2n) is 5.41. The summed E-state index contributed by atoms with van der Waals surface area (Å²) in [5.74, 6) is 1.39. The average molecular weight is 247 g/mol. The van der Waals surface area contributed by atoms with Gasteiger partial charge in [0.15, 0.2) is 0 Å². The highest BCUT2D eigenvalue weighted by Gasteiger charge is 2.25. The zero-order valence-corrected chi connectivity index (χ0v) is 10.8. The molecule has 0 spiro atoms. The third-order valence-corrected chi connectivity index (χ3v) is 3.49. The molecule has 3 heteroatoms. The van der Waals surface area contributed by atoms with E-state index < -0.39 is 5.82 Å². The molecule has 2 unspecified atom stereocenters. The molecule has 0 saturated heterocycles. The summed E-state index contributed by atoms with van der Waals surface area (Å²) in [4.78, 5) is 0. The third kappa shape index (κ3) is 3.01. The largest absolute Gasteiger partial charge is 0.489 e. The van der Waals surface area contributed by atoms with Crippen LogP contribution in [-0.4, -0.2) is 6.10 Å². The van der Waals surface area contributed by atoms with Gasteiger partial charge in [-0.1, -0.05) is 13.8 Å². The van der Waals surface area contributed by atoms with Crippen molar-refractivity contribution in [2.45, 2.75) is 39.2 Å². The van der Waals surface area contributed by atoms with Crippen LogP contribution in [0.15, 0.2) is 18.2 Å². The first-order chi connectivity index (χ1) is 8.58. The van der Waals surface area contributed by atoms with Gasteiger partial charge < -0.3 is 4.74 Å². The summed E-state index contributed by atoms with van der Waals surface area (Å²) < 4.78 is 18.9. The molecule has 0 aliphatic heterocycles. The Kier molecular flexibility index (Phi) is 3.86. The monoisotopic (exact) mass is 247 g/mol. The van der Waals surface area contributed by atoms with E-state index in [0.717, 1.165) is 12.8 Å². The van der Waals surface area contributed by atoms with Crippen molar-refractivity contribution in [3.05, 3.63) is 29.6 Å². The van der Waals surface area contributed by atoms with Crippen molar-refractivity contribution < 1.29 is 9.13 Å². The predicted octanol–water partition coefficient (Wildman–Crippen LogP) is 3.90. The lowest BCUT2D eigenvalue weighted by Crippen LogP contribution is -2.28. The Balaban J connectivity index is 2.12. The average Bonchev–Trinajstić information content (AvgIpc) is 2.30. The van der Waals surface area contributed by atoms with Gasteiger partial charge in [-0.15, -0.1) is 0 Å². The normalized spacial score (nSPS) is 27.6. The van der Waals surface area contributed by atoms with E-state index in [2.05, 4.69) is 13.8 Å². The lowest BCUT2D eigenvalue weighted by Gasteiger charge is -2.31. The first-order valence-electron chi connectivity index (χ1n) is 6.44. The summed E-state index contributed by atoms with van der Waals surface area (Å²) in [5.41, 5.74) is 0.279. The van der Waals surface area contributed by atoms with Crippen molar-refractivity contribution in [2.24, 2.45) is 11.8 Å². The van der Waals surface area contributed by atoms with Crippen LogP contribution in [0.2, 0.25) is 0 Å². The van der Waals surface area contributed by atoms with Crippen molar-refractivity contribution in [2.75, 3.05) is 0 Å². The van der Waals surface area contributed by atoms with Crippen LogP contribution in [0.4, 0.5) is 4.39 Å². The van der Waals surface area contributed by atoms with Gasteiger partial charge in [-0.05, 0) is 49.3 Å². The summed E-state index contributed by atoms with van der Waals surface area (Å²) in [6, 6.07) is 6.10. The molecule has 1 saturated carbocycles. The maximum absolute atomic E-state index is 13.0. The molecule has 18 heavy (non-hydrogen) atoms. The van der Waals surface area contributed by atoms with Crippen LogP contribution in [0.5, 0.6) is 5.75 Å². The standard InChI is InChI=1S/C15H18FNO/c1-10-5-11(2)7-14(6-10)18-15-4-3-13(16)8-12(15)9-17/h3-4,8,10-11,14H,5-7H2,1-2H3. The second kappa shape index (κ2) is 5.39. The number of ether oxygens (including phenoxy) is 1. The van der Waals surface area contributed by atoms with Crippen molar-refractivity contribution in [1.29, 1.82) is 5.26 Å². The summed E-state index contributed by atoms with van der Waals surface area (Å²) in [5, 5.41) is 8.98. The van der Waals surface area contributed by atoms with Crippen molar-refractivity contribution in [3.63, 3.8) is 0 Å². The number of nitriles is 1. The zero-order valence-electron chi connectivity index (χ0n) is 10.8. The highest BCUT2D eigenvalue weighted by molar-refractivity contribution is 5.43. The van der Waals surface area contributed by atoms with Crippen molar-refractivity contribution >= 4 is 0 Å². The van der Waals surface area contributed by atoms with Gasteiger partial charge in [0.2, 0.25) is 0 Å². The third-order valence-electron chi connectivity index (χ3n) is 3.49. The van der Waals surface area contributed by atoms with Gasteiger partial charge in [0.25, 0.3) is 0 Å². The summed E-state index contributed by atoms with van der Waals surface area (Å²) in [6.45, 7) is 4.45. The predicted molar refractivity (Wildman–Crippen MR) is 67.7 cm³/mol. The number of halogens is 1. The SMILES string of the molecule is CC1CC(C)CC(Oc2ccc(F)cc2C#N)C1. The van der Waals surface area contributed by atoms with Gasteiger partial charge in [0.05, 0.1) is 11.7 Å². The van der Waals surface area contributed by atoms with E-state index >= 15 is 0 Å². The minimum atomic E-state index is -0.399. The Labute approximate surface area is 107 Å². The van der Waals surface area contributed by atoms with Crippen LogP contribution in [0, 0.1) is 29.0 Å². The van der Waals surface area contributed by atoms with Crippen LogP contribution in [0.3, 0.4) is 0 Å². The number of benzene rings is 1. The second-order valence-corrected chi connectivity index (χ2v) is 5.41. The molecule has 2 atom stereocenters. The van der Waals surface area contributed by atoms with Crippen LogP contribution in [0.1, 0.15) is 38.7 Å². The summed E-state index contributed by atoms with van der Waals surface area (Å²) in [7, 11) is 0.